The monoisotopic (exact) mass is 386 g/mol. The van der Waals surface area contributed by atoms with E-state index in [0.29, 0.717) is 6.42 Å². The van der Waals surface area contributed by atoms with Crippen molar-refractivity contribution in [3.8, 4) is 0 Å². The molecule has 0 aliphatic heterocycles. The molecule has 8 nitrogen and oxygen atoms in total. The largest absolute Gasteiger partial charge is 0.468 e. The summed E-state index contributed by atoms with van der Waals surface area (Å²) < 4.78 is 32.5. The molecule has 0 aliphatic rings. The van der Waals surface area contributed by atoms with E-state index in [9.17, 15) is 23.3 Å². The molecule has 9 heteroatoms. The molecular formula is C17H26N2O6S. The van der Waals surface area contributed by atoms with Crippen LogP contribution in [0.25, 0.3) is 0 Å². The van der Waals surface area contributed by atoms with Gasteiger partial charge in [-0.3, -0.25) is 14.9 Å². The second kappa shape index (κ2) is 9.09. The van der Waals surface area contributed by atoms with Crippen molar-refractivity contribution in [3.63, 3.8) is 0 Å². The standard InChI is InChI=1S/C17H26N2O6S/c1-5-6-7-12-17(2,3)15(16(20)25-4)18-26(23,24)14-10-8-13(9-11-14)19(21)22/h8-11,15,18H,5-7,12H2,1-4H3/t15-/m1/s1. The lowest BCUT2D eigenvalue weighted by Gasteiger charge is -2.32. The number of sulfonamides is 1. The van der Waals surface area contributed by atoms with Crippen LogP contribution in [0.2, 0.25) is 0 Å². The van der Waals surface area contributed by atoms with Gasteiger partial charge in [0.25, 0.3) is 5.69 Å². The molecule has 0 spiro atoms. The van der Waals surface area contributed by atoms with Crippen molar-refractivity contribution >= 4 is 21.7 Å². The first kappa shape index (κ1) is 22.0. The summed E-state index contributed by atoms with van der Waals surface area (Å²) in [4.78, 5) is 22.1. The zero-order chi connectivity index (χ0) is 20.0. The summed E-state index contributed by atoms with van der Waals surface area (Å²) in [5, 5.41) is 10.7. The third-order valence-corrected chi connectivity index (χ3v) is 5.71. The Bertz CT molecular complexity index is 728. The van der Waals surface area contributed by atoms with Gasteiger partial charge in [-0.1, -0.05) is 40.0 Å². The lowest BCUT2D eigenvalue weighted by atomic mass is 9.80. The summed E-state index contributed by atoms with van der Waals surface area (Å²) in [7, 11) is -2.84. The van der Waals surface area contributed by atoms with Gasteiger partial charge in [-0.05, 0) is 24.0 Å². The summed E-state index contributed by atoms with van der Waals surface area (Å²) in [5.41, 5.74) is -0.871. The van der Waals surface area contributed by atoms with Gasteiger partial charge in [-0.25, -0.2) is 8.42 Å². The highest BCUT2D eigenvalue weighted by atomic mass is 32.2. The number of non-ortho nitro benzene ring substituents is 1. The van der Waals surface area contributed by atoms with Gasteiger partial charge in [-0.15, -0.1) is 0 Å². The maximum Gasteiger partial charge on any atom is 0.324 e. The predicted molar refractivity (Wildman–Crippen MR) is 97.1 cm³/mol. The molecule has 26 heavy (non-hydrogen) atoms. The van der Waals surface area contributed by atoms with Crippen molar-refractivity contribution in [1.82, 2.24) is 4.72 Å². The van der Waals surface area contributed by atoms with Gasteiger partial charge in [0.1, 0.15) is 6.04 Å². The van der Waals surface area contributed by atoms with E-state index < -0.39 is 32.4 Å². The van der Waals surface area contributed by atoms with E-state index in [1.54, 1.807) is 0 Å². The average molecular weight is 386 g/mol. The lowest BCUT2D eigenvalue weighted by Crippen LogP contribution is -2.50. The van der Waals surface area contributed by atoms with E-state index in [1.165, 1.54) is 7.11 Å². The molecule has 1 aromatic carbocycles. The number of carbonyl (C=O) groups excluding carboxylic acids is 1. The number of carbonyl (C=O) groups is 1. The van der Waals surface area contributed by atoms with Crippen LogP contribution < -0.4 is 4.72 Å². The third kappa shape index (κ3) is 5.77. The van der Waals surface area contributed by atoms with E-state index in [1.807, 2.05) is 13.8 Å². The summed E-state index contributed by atoms with van der Waals surface area (Å²) in [6, 6.07) is 3.42. The Morgan fingerprint density at radius 3 is 2.31 bits per heavy atom. The zero-order valence-corrected chi connectivity index (χ0v) is 16.3. The summed E-state index contributed by atoms with van der Waals surface area (Å²) in [6.07, 6.45) is 3.49. The van der Waals surface area contributed by atoms with Crippen molar-refractivity contribution in [3.05, 3.63) is 34.4 Å². The third-order valence-electron chi connectivity index (χ3n) is 4.27. The Morgan fingerprint density at radius 2 is 1.85 bits per heavy atom. The molecule has 0 heterocycles. The minimum atomic E-state index is -4.04. The van der Waals surface area contributed by atoms with Crippen LogP contribution in [0.15, 0.2) is 29.2 Å². The first-order chi connectivity index (χ1) is 12.0. The number of hydrogen-bond acceptors (Lipinski definition) is 6. The molecule has 146 valence electrons. The number of nitrogens with one attached hydrogen (secondary N) is 1. The maximum atomic E-state index is 12.6. The molecule has 0 saturated heterocycles. The van der Waals surface area contributed by atoms with Crippen molar-refractivity contribution in [2.24, 2.45) is 5.41 Å². The second-order valence-corrected chi connectivity index (χ2v) is 8.49. The van der Waals surface area contributed by atoms with Crippen LogP contribution in [0.3, 0.4) is 0 Å². The van der Waals surface area contributed by atoms with Crippen LogP contribution in [0.5, 0.6) is 0 Å². The van der Waals surface area contributed by atoms with Gasteiger partial charge in [0.2, 0.25) is 10.0 Å². The van der Waals surface area contributed by atoms with Crippen molar-refractivity contribution < 1.29 is 22.9 Å². The molecule has 0 bridgehead atoms. The molecule has 1 aromatic rings. The number of methoxy groups -OCH3 is 1. The number of benzene rings is 1. The van der Waals surface area contributed by atoms with E-state index in [4.69, 9.17) is 4.74 Å². The highest BCUT2D eigenvalue weighted by molar-refractivity contribution is 7.89. The van der Waals surface area contributed by atoms with E-state index in [2.05, 4.69) is 11.6 Å². The number of rotatable bonds is 10. The highest BCUT2D eigenvalue weighted by Crippen LogP contribution is 2.30. The van der Waals surface area contributed by atoms with Crippen molar-refractivity contribution in [2.75, 3.05) is 7.11 Å². The number of nitro benzene ring substituents is 1. The van der Waals surface area contributed by atoms with Gasteiger partial charge in [0.15, 0.2) is 0 Å². The van der Waals surface area contributed by atoms with Crippen LogP contribution >= 0.6 is 0 Å². The van der Waals surface area contributed by atoms with Gasteiger partial charge in [0, 0.05) is 12.1 Å². The van der Waals surface area contributed by atoms with Gasteiger partial charge in [0.05, 0.1) is 16.9 Å². The Balaban J connectivity index is 3.08. The Kier molecular flexibility index (Phi) is 7.70. The van der Waals surface area contributed by atoms with Crippen LogP contribution in [-0.2, 0) is 19.6 Å². The summed E-state index contributed by atoms with van der Waals surface area (Å²) >= 11 is 0. The Labute approximate surface area is 154 Å². The van der Waals surface area contributed by atoms with Crippen LogP contribution in [0.1, 0.15) is 46.5 Å². The summed E-state index contributed by atoms with van der Waals surface area (Å²) in [5.74, 6) is -0.669. The van der Waals surface area contributed by atoms with Gasteiger partial charge < -0.3 is 4.74 Å². The first-order valence-corrected chi connectivity index (χ1v) is 9.88. The molecular weight excluding hydrogens is 360 g/mol. The number of nitro groups is 1. The number of unbranched alkanes of at least 4 members (excludes halogenated alkanes) is 2. The molecule has 0 radical (unpaired) electrons. The first-order valence-electron chi connectivity index (χ1n) is 8.39. The highest BCUT2D eigenvalue weighted by Gasteiger charge is 2.39. The fourth-order valence-electron chi connectivity index (χ4n) is 2.59. The molecule has 0 saturated carbocycles. The van der Waals surface area contributed by atoms with E-state index in [-0.39, 0.29) is 10.6 Å². The number of nitrogens with zero attached hydrogens (tertiary/aromatic N) is 1. The van der Waals surface area contributed by atoms with Crippen LogP contribution in [0.4, 0.5) is 5.69 Å². The number of esters is 1. The van der Waals surface area contributed by atoms with Crippen LogP contribution in [-0.4, -0.2) is 32.5 Å². The molecule has 0 fully saturated rings. The SMILES string of the molecule is CCCCCC(C)(C)[C@H](NS(=O)(=O)c1ccc([N+](=O)[O-])cc1)C(=O)OC. The minimum absolute atomic E-state index is 0.152. The van der Waals surface area contributed by atoms with E-state index >= 15 is 0 Å². The maximum absolute atomic E-state index is 12.6. The fourth-order valence-corrected chi connectivity index (χ4v) is 3.95. The van der Waals surface area contributed by atoms with E-state index in [0.717, 1.165) is 43.5 Å². The van der Waals surface area contributed by atoms with Crippen LogP contribution in [0, 0.1) is 15.5 Å². The Hall–Kier alpha value is -2.00. The van der Waals surface area contributed by atoms with Crippen molar-refractivity contribution in [2.45, 2.75) is 57.4 Å². The smallest absolute Gasteiger partial charge is 0.324 e. The molecule has 0 unspecified atom stereocenters. The predicted octanol–water partition coefficient (Wildman–Crippen LogP) is 3.02. The quantitative estimate of drug-likeness (QED) is 0.286. The van der Waals surface area contributed by atoms with Gasteiger partial charge in [-0.2, -0.15) is 4.72 Å². The molecule has 0 amide bonds. The summed E-state index contributed by atoms with van der Waals surface area (Å²) in [6.45, 7) is 5.67. The topological polar surface area (TPSA) is 116 Å². The molecule has 0 aromatic heterocycles. The number of ether oxygens (including phenoxy) is 1. The Morgan fingerprint density at radius 1 is 1.27 bits per heavy atom. The normalized spacial score (nSPS) is 13.2. The second-order valence-electron chi connectivity index (χ2n) is 6.77. The minimum Gasteiger partial charge on any atom is -0.468 e. The average Bonchev–Trinajstić information content (AvgIpc) is 2.59. The molecule has 1 atom stereocenters. The molecule has 1 N–H and O–H groups in total. The van der Waals surface area contributed by atoms with Gasteiger partial charge >= 0.3 is 5.97 Å². The molecule has 1 rings (SSSR count). The number of hydrogen-bond donors (Lipinski definition) is 1. The molecule has 0 aliphatic carbocycles. The zero-order valence-electron chi connectivity index (χ0n) is 15.5. The lowest BCUT2D eigenvalue weighted by molar-refractivity contribution is -0.384. The van der Waals surface area contributed by atoms with Crippen molar-refractivity contribution in [1.29, 1.82) is 0 Å². The fraction of sp³-hybridized carbons (Fsp3) is 0.588.